The fourth-order valence-electron chi connectivity index (χ4n) is 3.36. The SMILES string of the molecule is Cc1ccccc1C1(COCC2(c3ccccc3C)CO2)CO1. The highest BCUT2D eigenvalue weighted by atomic mass is 16.6. The minimum absolute atomic E-state index is 0.257. The van der Waals surface area contributed by atoms with Crippen LogP contribution in [-0.4, -0.2) is 26.4 Å². The zero-order valence-corrected chi connectivity index (χ0v) is 13.7. The zero-order chi connectivity index (χ0) is 15.9. The Morgan fingerprint density at radius 1 is 0.783 bits per heavy atom. The fraction of sp³-hybridized carbons (Fsp3) is 0.400. The van der Waals surface area contributed by atoms with Gasteiger partial charge in [-0.2, -0.15) is 0 Å². The van der Waals surface area contributed by atoms with Crippen molar-refractivity contribution >= 4 is 0 Å². The average Bonchev–Trinajstić information content (AvgIpc) is 3.46. The largest absolute Gasteiger partial charge is 0.375 e. The maximum absolute atomic E-state index is 6.06. The first kappa shape index (κ1) is 14.9. The van der Waals surface area contributed by atoms with Crippen molar-refractivity contribution in [2.75, 3.05) is 26.4 Å². The van der Waals surface area contributed by atoms with Gasteiger partial charge in [0, 0.05) is 0 Å². The standard InChI is InChI=1S/C20H22O3/c1-15-7-3-5-9-17(15)19(13-22-19)11-21-12-20(14-23-20)18-10-6-4-8-16(18)2/h3-10H,11-14H2,1-2H3. The van der Waals surface area contributed by atoms with E-state index in [1.165, 1.54) is 22.3 Å². The highest BCUT2D eigenvalue weighted by molar-refractivity contribution is 5.36. The van der Waals surface area contributed by atoms with E-state index in [9.17, 15) is 0 Å². The quantitative estimate of drug-likeness (QED) is 0.766. The molecule has 2 saturated heterocycles. The monoisotopic (exact) mass is 310 g/mol. The molecule has 2 unspecified atom stereocenters. The van der Waals surface area contributed by atoms with Crippen molar-refractivity contribution in [3.8, 4) is 0 Å². The summed E-state index contributed by atoms with van der Waals surface area (Å²) < 4.78 is 17.6. The van der Waals surface area contributed by atoms with E-state index < -0.39 is 0 Å². The predicted octanol–water partition coefficient (Wildman–Crippen LogP) is 3.47. The Labute approximate surface area is 137 Å². The van der Waals surface area contributed by atoms with E-state index in [-0.39, 0.29) is 11.2 Å². The van der Waals surface area contributed by atoms with Gasteiger partial charge in [0.2, 0.25) is 0 Å². The Balaban J connectivity index is 1.43. The Hall–Kier alpha value is -1.68. The molecule has 0 amide bonds. The number of rotatable bonds is 6. The molecule has 2 aliphatic rings. The van der Waals surface area contributed by atoms with Crippen molar-refractivity contribution in [2.24, 2.45) is 0 Å². The van der Waals surface area contributed by atoms with Crippen molar-refractivity contribution in [1.82, 2.24) is 0 Å². The summed E-state index contributed by atoms with van der Waals surface area (Å²) in [7, 11) is 0. The summed E-state index contributed by atoms with van der Waals surface area (Å²) >= 11 is 0. The molecule has 120 valence electrons. The summed E-state index contributed by atoms with van der Waals surface area (Å²) in [5, 5.41) is 0. The molecule has 4 rings (SSSR count). The Kier molecular flexibility index (Phi) is 3.52. The molecular weight excluding hydrogens is 288 g/mol. The molecular formula is C20H22O3. The normalized spacial score (nSPS) is 28.6. The maximum atomic E-state index is 6.06. The number of epoxide rings is 2. The Morgan fingerprint density at radius 2 is 1.17 bits per heavy atom. The van der Waals surface area contributed by atoms with Crippen LogP contribution in [0.4, 0.5) is 0 Å². The van der Waals surface area contributed by atoms with Crippen LogP contribution >= 0.6 is 0 Å². The Bertz CT molecular complexity index is 653. The van der Waals surface area contributed by atoms with Gasteiger partial charge < -0.3 is 14.2 Å². The van der Waals surface area contributed by atoms with Gasteiger partial charge in [-0.25, -0.2) is 0 Å². The minimum Gasteiger partial charge on any atom is -0.375 e. The van der Waals surface area contributed by atoms with Crippen LogP contribution in [0.15, 0.2) is 48.5 Å². The number of aryl methyl sites for hydroxylation is 2. The minimum atomic E-state index is -0.257. The number of hydrogen-bond acceptors (Lipinski definition) is 3. The molecule has 0 spiro atoms. The van der Waals surface area contributed by atoms with Crippen LogP contribution in [0.1, 0.15) is 22.3 Å². The lowest BCUT2D eigenvalue weighted by Gasteiger charge is -2.19. The fourth-order valence-corrected chi connectivity index (χ4v) is 3.36. The molecule has 0 saturated carbocycles. The summed E-state index contributed by atoms with van der Waals surface area (Å²) in [5.74, 6) is 0. The van der Waals surface area contributed by atoms with Gasteiger partial charge in [0.15, 0.2) is 0 Å². The molecule has 3 heteroatoms. The van der Waals surface area contributed by atoms with Gasteiger partial charge in [-0.1, -0.05) is 48.5 Å². The average molecular weight is 310 g/mol. The van der Waals surface area contributed by atoms with Crippen LogP contribution < -0.4 is 0 Å². The highest BCUT2D eigenvalue weighted by Crippen LogP contribution is 2.43. The lowest BCUT2D eigenvalue weighted by molar-refractivity contribution is 0.0400. The summed E-state index contributed by atoms with van der Waals surface area (Å²) in [6.45, 7) is 6.87. The van der Waals surface area contributed by atoms with Gasteiger partial charge in [-0.15, -0.1) is 0 Å². The second-order valence-corrected chi connectivity index (χ2v) is 6.69. The number of hydrogen-bond donors (Lipinski definition) is 0. The van der Waals surface area contributed by atoms with Crippen LogP contribution in [0.3, 0.4) is 0 Å². The van der Waals surface area contributed by atoms with Crippen LogP contribution in [0, 0.1) is 13.8 Å². The molecule has 3 nitrogen and oxygen atoms in total. The Morgan fingerprint density at radius 3 is 1.52 bits per heavy atom. The highest BCUT2D eigenvalue weighted by Gasteiger charge is 2.51. The van der Waals surface area contributed by atoms with E-state index in [1.807, 2.05) is 0 Å². The molecule has 0 radical (unpaired) electrons. The number of benzene rings is 2. The molecule has 0 N–H and O–H groups in total. The van der Waals surface area contributed by atoms with Crippen LogP contribution in [0.5, 0.6) is 0 Å². The van der Waals surface area contributed by atoms with E-state index >= 15 is 0 Å². The molecule has 0 aliphatic carbocycles. The van der Waals surface area contributed by atoms with E-state index in [0.29, 0.717) is 13.2 Å². The van der Waals surface area contributed by atoms with Crippen LogP contribution in [-0.2, 0) is 25.4 Å². The van der Waals surface area contributed by atoms with Gasteiger partial charge in [0.1, 0.15) is 11.2 Å². The summed E-state index contributed by atoms with van der Waals surface area (Å²) in [5.41, 5.74) is 4.47. The van der Waals surface area contributed by atoms with Gasteiger partial charge in [-0.05, 0) is 36.1 Å². The van der Waals surface area contributed by atoms with Gasteiger partial charge >= 0.3 is 0 Å². The molecule has 2 aromatic rings. The first-order chi connectivity index (χ1) is 11.2. The molecule has 2 heterocycles. The summed E-state index contributed by atoms with van der Waals surface area (Å²) in [6.07, 6.45) is 0. The molecule has 2 aromatic carbocycles. The van der Waals surface area contributed by atoms with Crippen LogP contribution in [0.25, 0.3) is 0 Å². The van der Waals surface area contributed by atoms with E-state index in [4.69, 9.17) is 14.2 Å². The predicted molar refractivity (Wildman–Crippen MR) is 88.4 cm³/mol. The molecule has 2 atom stereocenters. The van der Waals surface area contributed by atoms with Gasteiger partial charge in [-0.3, -0.25) is 0 Å². The van der Waals surface area contributed by atoms with Crippen molar-refractivity contribution in [2.45, 2.75) is 25.0 Å². The van der Waals surface area contributed by atoms with E-state index in [0.717, 1.165) is 13.2 Å². The summed E-state index contributed by atoms with van der Waals surface area (Å²) in [6, 6.07) is 16.7. The van der Waals surface area contributed by atoms with E-state index in [1.54, 1.807) is 0 Å². The molecule has 2 aliphatic heterocycles. The maximum Gasteiger partial charge on any atom is 0.140 e. The third-order valence-corrected chi connectivity index (χ3v) is 4.93. The second-order valence-electron chi connectivity index (χ2n) is 6.69. The molecule has 0 bridgehead atoms. The van der Waals surface area contributed by atoms with E-state index in [2.05, 4.69) is 62.4 Å². The third kappa shape index (κ3) is 2.69. The van der Waals surface area contributed by atoms with Crippen molar-refractivity contribution < 1.29 is 14.2 Å². The van der Waals surface area contributed by atoms with Gasteiger partial charge in [0.05, 0.1) is 26.4 Å². The van der Waals surface area contributed by atoms with Crippen molar-refractivity contribution in [3.05, 3.63) is 70.8 Å². The molecule has 2 fully saturated rings. The lowest BCUT2D eigenvalue weighted by Crippen LogP contribution is -2.24. The zero-order valence-electron chi connectivity index (χ0n) is 13.7. The molecule has 23 heavy (non-hydrogen) atoms. The topological polar surface area (TPSA) is 34.3 Å². The first-order valence-electron chi connectivity index (χ1n) is 8.13. The summed E-state index contributed by atoms with van der Waals surface area (Å²) in [4.78, 5) is 0. The molecule has 0 aromatic heterocycles. The van der Waals surface area contributed by atoms with Crippen molar-refractivity contribution in [3.63, 3.8) is 0 Å². The lowest BCUT2D eigenvalue weighted by atomic mass is 9.95. The van der Waals surface area contributed by atoms with Crippen LogP contribution in [0.2, 0.25) is 0 Å². The second kappa shape index (κ2) is 5.45. The van der Waals surface area contributed by atoms with Crippen molar-refractivity contribution in [1.29, 1.82) is 0 Å². The number of ether oxygens (including phenoxy) is 3. The third-order valence-electron chi connectivity index (χ3n) is 4.93. The first-order valence-corrected chi connectivity index (χ1v) is 8.13. The smallest absolute Gasteiger partial charge is 0.140 e. The van der Waals surface area contributed by atoms with Gasteiger partial charge in [0.25, 0.3) is 0 Å².